The molecule has 0 atom stereocenters. The molecule has 1 aliphatic rings. The Morgan fingerprint density at radius 3 is 2.24 bits per heavy atom. The highest BCUT2D eigenvalue weighted by atomic mass is 15.2. The largest absolute Gasteiger partial charge is 0.384 e. The van der Waals surface area contributed by atoms with Crippen LogP contribution in [-0.2, 0) is 5.54 Å². The molecule has 96 valence electrons. The van der Waals surface area contributed by atoms with Gasteiger partial charge in [0.15, 0.2) is 0 Å². The van der Waals surface area contributed by atoms with Crippen molar-refractivity contribution >= 4 is 5.82 Å². The van der Waals surface area contributed by atoms with Crippen LogP contribution in [0.1, 0.15) is 70.9 Å². The van der Waals surface area contributed by atoms with E-state index in [1.807, 2.05) is 6.33 Å². The summed E-state index contributed by atoms with van der Waals surface area (Å²) in [6, 6.07) is 0. The summed E-state index contributed by atoms with van der Waals surface area (Å²) in [6.07, 6.45) is 9.82. The van der Waals surface area contributed by atoms with E-state index in [1.165, 1.54) is 38.5 Å². The molecule has 1 heterocycles. The third kappa shape index (κ3) is 2.64. The highest BCUT2D eigenvalue weighted by molar-refractivity contribution is 5.39. The van der Waals surface area contributed by atoms with Gasteiger partial charge in [-0.05, 0) is 33.6 Å². The zero-order chi connectivity index (χ0) is 12.5. The number of anilines is 1. The minimum absolute atomic E-state index is 0.0278. The number of hydrogen-bond acceptors (Lipinski definition) is 2. The number of nitrogens with two attached hydrogens (primary N) is 1. The molecule has 1 aliphatic carbocycles. The van der Waals surface area contributed by atoms with E-state index >= 15 is 0 Å². The number of nitrogens with zero attached hydrogens (tertiary/aromatic N) is 2. The van der Waals surface area contributed by atoms with Crippen molar-refractivity contribution < 1.29 is 0 Å². The molecular weight excluding hydrogens is 210 g/mol. The lowest BCUT2D eigenvalue weighted by atomic mass is 9.96. The fourth-order valence-corrected chi connectivity index (χ4v) is 2.77. The molecule has 1 aromatic heterocycles. The predicted octanol–water partition coefficient (Wildman–Crippen LogP) is 3.66. The van der Waals surface area contributed by atoms with Crippen LogP contribution in [0.25, 0.3) is 0 Å². The first-order chi connectivity index (χ1) is 8.00. The average Bonchev–Trinajstić information content (AvgIpc) is 2.50. The van der Waals surface area contributed by atoms with Crippen LogP contribution < -0.4 is 5.73 Å². The molecule has 0 spiro atoms. The Bertz CT molecular complexity index is 365. The Balaban J connectivity index is 2.24. The summed E-state index contributed by atoms with van der Waals surface area (Å²) in [6.45, 7) is 6.51. The molecule has 3 heteroatoms. The number of aromatic nitrogens is 2. The van der Waals surface area contributed by atoms with Gasteiger partial charge in [0.2, 0.25) is 0 Å². The minimum Gasteiger partial charge on any atom is -0.384 e. The van der Waals surface area contributed by atoms with Crippen molar-refractivity contribution in [3.63, 3.8) is 0 Å². The zero-order valence-electron chi connectivity index (χ0n) is 11.4. The Morgan fingerprint density at radius 2 is 1.76 bits per heavy atom. The lowest BCUT2D eigenvalue weighted by molar-refractivity contribution is 0.401. The van der Waals surface area contributed by atoms with Crippen molar-refractivity contribution in [2.45, 2.75) is 70.8 Å². The Morgan fingerprint density at radius 1 is 1.18 bits per heavy atom. The van der Waals surface area contributed by atoms with Crippen molar-refractivity contribution in [3.05, 3.63) is 12.0 Å². The first kappa shape index (κ1) is 12.5. The summed E-state index contributed by atoms with van der Waals surface area (Å²) < 4.78 is 2.10. The Labute approximate surface area is 104 Å². The molecule has 0 saturated heterocycles. The third-order valence-corrected chi connectivity index (χ3v) is 3.80. The minimum atomic E-state index is 0.0278. The van der Waals surface area contributed by atoms with E-state index < -0.39 is 0 Å². The molecule has 0 unspecified atom stereocenters. The monoisotopic (exact) mass is 235 g/mol. The number of hydrogen-bond donors (Lipinski definition) is 1. The van der Waals surface area contributed by atoms with E-state index in [-0.39, 0.29) is 5.54 Å². The molecular formula is C14H25N3. The molecule has 0 aromatic carbocycles. The molecule has 17 heavy (non-hydrogen) atoms. The van der Waals surface area contributed by atoms with Crippen molar-refractivity contribution in [2.24, 2.45) is 0 Å². The maximum atomic E-state index is 6.27. The van der Waals surface area contributed by atoms with Gasteiger partial charge in [0.25, 0.3) is 0 Å². The second-order valence-electron chi connectivity index (χ2n) is 6.24. The summed E-state index contributed by atoms with van der Waals surface area (Å²) >= 11 is 0. The van der Waals surface area contributed by atoms with E-state index in [0.717, 1.165) is 11.5 Å². The van der Waals surface area contributed by atoms with E-state index in [0.29, 0.717) is 5.92 Å². The van der Waals surface area contributed by atoms with Gasteiger partial charge >= 0.3 is 0 Å². The zero-order valence-corrected chi connectivity index (χ0v) is 11.4. The maximum Gasteiger partial charge on any atom is 0.127 e. The van der Waals surface area contributed by atoms with Crippen LogP contribution in [0.15, 0.2) is 6.33 Å². The quantitative estimate of drug-likeness (QED) is 0.755. The van der Waals surface area contributed by atoms with Gasteiger partial charge in [0.1, 0.15) is 5.82 Å². The average molecular weight is 235 g/mol. The van der Waals surface area contributed by atoms with Crippen LogP contribution in [0.3, 0.4) is 0 Å². The smallest absolute Gasteiger partial charge is 0.127 e. The van der Waals surface area contributed by atoms with Crippen LogP contribution in [0.5, 0.6) is 0 Å². The summed E-state index contributed by atoms with van der Waals surface area (Å²) in [7, 11) is 0. The topological polar surface area (TPSA) is 43.8 Å². The van der Waals surface area contributed by atoms with Crippen molar-refractivity contribution in [1.82, 2.24) is 9.55 Å². The van der Waals surface area contributed by atoms with Gasteiger partial charge in [-0.2, -0.15) is 0 Å². The van der Waals surface area contributed by atoms with Gasteiger partial charge in [-0.1, -0.05) is 25.7 Å². The van der Waals surface area contributed by atoms with Crippen LogP contribution in [0.4, 0.5) is 5.82 Å². The highest BCUT2D eigenvalue weighted by Crippen LogP contribution is 2.35. The van der Waals surface area contributed by atoms with Gasteiger partial charge in [0, 0.05) is 11.5 Å². The van der Waals surface area contributed by atoms with Gasteiger partial charge in [-0.25, -0.2) is 4.98 Å². The van der Waals surface area contributed by atoms with E-state index in [9.17, 15) is 0 Å². The van der Waals surface area contributed by atoms with Crippen LogP contribution in [0.2, 0.25) is 0 Å². The Hall–Kier alpha value is -0.990. The maximum absolute atomic E-state index is 6.27. The standard InChI is InChI=1S/C14H25N3/c1-14(2,3)17-10-16-12(13(17)15)11-8-6-4-5-7-9-11/h10-11H,4-9,15H2,1-3H3. The molecule has 0 bridgehead atoms. The molecule has 0 radical (unpaired) electrons. The number of rotatable bonds is 1. The van der Waals surface area contributed by atoms with Crippen molar-refractivity contribution in [2.75, 3.05) is 5.73 Å². The lowest BCUT2D eigenvalue weighted by Gasteiger charge is -2.23. The summed E-state index contributed by atoms with van der Waals surface area (Å²) in [4.78, 5) is 4.59. The molecule has 1 saturated carbocycles. The number of imidazole rings is 1. The van der Waals surface area contributed by atoms with Crippen LogP contribution in [-0.4, -0.2) is 9.55 Å². The van der Waals surface area contributed by atoms with Gasteiger partial charge < -0.3 is 10.3 Å². The van der Waals surface area contributed by atoms with E-state index in [1.54, 1.807) is 0 Å². The third-order valence-electron chi connectivity index (χ3n) is 3.80. The van der Waals surface area contributed by atoms with Crippen LogP contribution >= 0.6 is 0 Å². The van der Waals surface area contributed by atoms with Gasteiger partial charge in [-0.3, -0.25) is 0 Å². The molecule has 2 N–H and O–H groups in total. The normalized spacial score (nSPS) is 19.2. The molecule has 0 aliphatic heterocycles. The van der Waals surface area contributed by atoms with Gasteiger partial charge in [0.05, 0.1) is 12.0 Å². The van der Waals surface area contributed by atoms with E-state index in [4.69, 9.17) is 5.73 Å². The summed E-state index contributed by atoms with van der Waals surface area (Å²) in [5.41, 5.74) is 7.44. The highest BCUT2D eigenvalue weighted by Gasteiger charge is 2.24. The fourth-order valence-electron chi connectivity index (χ4n) is 2.77. The molecule has 2 rings (SSSR count). The molecule has 1 fully saturated rings. The van der Waals surface area contributed by atoms with E-state index in [2.05, 4.69) is 30.3 Å². The first-order valence-electron chi connectivity index (χ1n) is 6.83. The SMILES string of the molecule is CC(C)(C)n1cnc(C2CCCCCC2)c1N. The second kappa shape index (κ2) is 4.71. The second-order valence-corrected chi connectivity index (χ2v) is 6.24. The lowest BCUT2D eigenvalue weighted by Crippen LogP contribution is -2.23. The van der Waals surface area contributed by atoms with Crippen LogP contribution in [0, 0.1) is 0 Å². The molecule has 0 amide bonds. The Kier molecular flexibility index (Phi) is 3.45. The predicted molar refractivity (Wildman–Crippen MR) is 72.1 cm³/mol. The first-order valence-corrected chi connectivity index (χ1v) is 6.83. The fraction of sp³-hybridized carbons (Fsp3) is 0.786. The summed E-state index contributed by atoms with van der Waals surface area (Å²) in [5.74, 6) is 1.46. The number of nitrogen functional groups attached to an aromatic ring is 1. The molecule has 3 nitrogen and oxygen atoms in total. The van der Waals surface area contributed by atoms with Crippen molar-refractivity contribution in [3.8, 4) is 0 Å². The molecule has 1 aromatic rings. The summed E-state index contributed by atoms with van der Waals surface area (Å²) in [5, 5.41) is 0. The van der Waals surface area contributed by atoms with Gasteiger partial charge in [-0.15, -0.1) is 0 Å². The van der Waals surface area contributed by atoms with Crippen molar-refractivity contribution in [1.29, 1.82) is 0 Å².